The normalized spacial score (nSPS) is 11.2. The van der Waals surface area contributed by atoms with Gasteiger partial charge >= 0.3 is 0 Å². The van der Waals surface area contributed by atoms with Gasteiger partial charge in [0.15, 0.2) is 0 Å². The van der Waals surface area contributed by atoms with Gasteiger partial charge in [-0.05, 0) is 43.7 Å². The zero-order valence-corrected chi connectivity index (χ0v) is 15.0. The molecule has 6 heteroatoms. The van der Waals surface area contributed by atoms with Gasteiger partial charge in [0.1, 0.15) is 24.8 Å². The van der Waals surface area contributed by atoms with Crippen LogP contribution in [-0.2, 0) is 15.1 Å². The summed E-state index contributed by atoms with van der Waals surface area (Å²) in [7, 11) is 0. The Balaban J connectivity index is 1.75. The van der Waals surface area contributed by atoms with Crippen LogP contribution in [0.4, 0.5) is 4.39 Å². The van der Waals surface area contributed by atoms with Crippen molar-refractivity contribution in [1.29, 1.82) is 0 Å². The highest BCUT2D eigenvalue weighted by molar-refractivity contribution is 6.31. The summed E-state index contributed by atoms with van der Waals surface area (Å²) in [5.74, 6) is 0.0466. The number of halogens is 2. The summed E-state index contributed by atoms with van der Waals surface area (Å²) in [6, 6.07) is 13.5. The van der Waals surface area contributed by atoms with Gasteiger partial charge < -0.3 is 14.8 Å². The largest absolute Gasteiger partial charge is 0.491 e. The SMILES string of the molecule is CC(C)(NC(=O)COCCOc1ccccc1)c1ccc(F)cc1Cl. The van der Waals surface area contributed by atoms with Crippen molar-refractivity contribution in [3.05, 3.63) is 64.9 Å². The molecule has 2 aromatic rings. The van der Waals surface area contributed by atoms with E-state index in [1.807, 2.05) is 30.3 Å². The Hall–Kier alpha value is -2.11. The maximum atomic E-state index is 13.2. The van der Waals surface area contributed by atoms with Crippen molar-refractivity contribution in [3.8, 4) is 5.75 Å². The van der Waals surface area contributed by atoms with Crippen molar-refractivity contribution in [3.63, 3.8) is 0 Å². The minimum Gasteiger partial charge on any atom is -0.491 e. The average molecular weight is 366 g/mol. The lowest BCUT2D eigenvalue weighted by atomic mass is 9.94. The minimum absolute atomic E-state index is 0.0968. The fourth-order valence-corrected chi connectivity index (χ4v) is 2.75. The molecule has 0 atom stereocenters. The molecule has 0 spiro atoms. The topological polar surface area (TPSA) is 47.6 Å². The third-order valence-corrected chi connectivity index (χ3v) is 3.84. The van der Waals surface area contributed by atoms with Gasteiger partial charge in [0, 0.05) is 5.02 Å². The second kappa shape index (κ2) is 8.83. The molecule has 2 aromatic carbocycles. The molecule has 0 saturated heterocycles. The van der Waals surface area contributed by atoms with Crippen molar-refractivity contribution in [2.75, 3.05) is 19.8 Å². The summed E-state index contributed by atoms with van der Waals surface area (Å²) in [5.41, 5.74) is -0.109. The first-order chi connectivity index (χ1) is 11.9. The summed E-state index contributed by atoms with van der Waals surface area (Å²) in [4.78, 5) is 12.0. The molecule has 1 N–H and O–H groups in total. The Morgan fingerprint density at radius 2 is 1.88 bits per heavy atom. The van der Waals surface area contributed by atoms with Crippen LogP contribution in [0.25, 0.3) is 0 Å². The number of rotatable bonds is 8. The van der Waals surface area contributed by atoms with Crippen LogP contribution in [-0.4, -0.2) is 25.7 Å². The van der Waals surface area contributed by atoms with E-state index in [1.54, 1.807) is 19.9 Å². The molecular formula is C19H21ClFNO3. The molecule has 0 bridgehead atoms. The van der Waals surface area contributed by atoms with Crippen LogP contribution in [0, 0.1) is 5.82 Å². The predicted molar refractivity (Wildman–Crippen MR) is 95.3 cm³/mol. The van der Waals surface area contributed by atoms with E-state index in [-0.39, 0.29) is 17.5 Å². The van der Waals surface area contributed by atoms with Crippen molar-refractivity contribution in [2.24, 2.45) is 0 Å². The number of carbonyl (C=O) groups is 1. The Kier molecular flexibility index (Phi) is 6.79. The third-order valence-electron chi connectivity index (χ3n) is 3.53. The number of para-hydroxylation sites is 1. The number of hydrogen-bond donors (Lipinski definition) is 1. The van der Waals surface area contributed by atoms with E-state index in [1.165, 1.54) is 12.1 Å². The lowest BCUT2D eigenvalue weighted by Crippen LogP contribution is -2.43. The van der Waals surface area contributed by atoms with Crippen molar-refractivity contribution in [2.45, 2.75) is 19.4 Å². The maximum absolute atomic E-state index is 13.2. The van der Waals surface area contributed by atoms with Gasteiger partial charge in [-0.1, -0.05) is 35.9 Å². The van der Waals surface area contributed by atoms with Gasteiger partial charge in [-0.2, -0.15) is 0 Å². The molecule has 134 valence electrons. The van der Waals surface area contributed by atoms with Crippen LogP contribution in [0.1, 0.15) is 19.4 Å². The highest BCUT2D eigenvalue weighted by Crippen LogP contribution is 2.28. The van der Waals surface area contributed by atoms with Gasteiger partial charge in [0.2, 0.25) is 5.91 Å². The van der Waals surface area contributed by atoms with Gasteiger partial charge in [-0.3, -0.25) is 4.79 Å². The van der Waals surface area contributed by atoms with E-state index in [0.717, 1.165) is 5.75 Å². The fraction of sp³-hybridized carbons (Fsp3) is 0.316. The average Bonchev–Trinajstić information content (AvgIpc) is 2.54. The second-order valence-corrected chi connectivity index (χ2v) is 6.42. The van der Waals surface area contributed by atoms with E-state index < -0.39 is 11.4 Å². The molecule has 1 amide bonds. The second-order valence-electron chi connectivity index (χ2n) is 6.01. The Morgan fingerprint density at radius 1 is 1.16 bits per heavy atom. The molecular weight excluding hydrogens is 345 g/mol. The van der Waals surface area contributed by atoms with Gasteiger partial charge in [0.05, 0.1) is 12.1 Å². The minimum atomic E-state index is -0.744. The van der Waals surface area contributed by atoms with Crippen molar-refractivity contribution in [1.82, 2.24) is 5.32 Å². The highest BCUT2D eigenvalue weighted by Gasteiger charge is 2.25. The lowest BCUT2D eigenvalue weighted by molar-refractivity contribution is -0.127. The highest BCUT2D eigenvalue weighted by atomic mass is 35.5. The summed E-state index contributed by atoms with van der Waals surface area (Å²) in [6.07, 6.45) is 0. The first kappa shape index (κ1) is 19.2. The standard InChI is InChI=1S/C19H21ClFNO3/c1-19(2,16-9-8-14(21)12-17(16)20)22-18(23)13-24-10-11-25-15-6-4-3-5-7-15/h3-9,12H,10-11,13H2,1-2H3,(H,22,23). The Morgan fingerprint density at radius 3 is 2.56 bits per heavy atom. The molecule has 0 aliphatic carbocycles. The van der Waals surface area contributed by atoms with Gasteiger partial charge in [-0.25, -0.2) is 4.39 Å². The fourth-order valence-electron chi connectivity index (χ4n) is 2.35. The van der Waals surface area contributed by atoms with Crippen LogP contribution in [0.3, 0.4) is 0 Å². The van der Waals surface area contributed by atoms with Gasteiger partial charge in [0.25, 0.3) is 0 Å². The Bertz CT molecular complexity index is 707. The van der Waals surface area contributed by atoms with Crippen LogP contribution in [0.5, 0.6) is 5.75 Å². The molecule has 0 aliphatic heterocycles. The monoisotopic (exact) mass is 365 g/mol. The van der Waals surface area contributed by atoms with E-state index in [0.29, 0.717) is 18.8 Å². The molecule has 0 saturated carbocycles. The summed E-state index contributed by atoms with van der Waals surface area (Å²) in [5, 5.41) is 3.10. The predicted octanol–water partition coefficient (Wildman–Crippen LogP) is 3.93. The molecule has 0 fully saturated rings. The molecule has 0 unspecified atom stereocenters. The maximum Gasteiger partial charge on any atom is 0.246 e. The van der Waals surface area contributed by atoms with Crippen LogP contribution < -0.4 is 10.1 Å². The zero-order chi connectivity index (χ0) is 18.3. The van der Waals surface area contributed by atoms with E-state index in [4.69, 9.17) is 21.1 Å². The Labute approximate surface area is 151 Å². The van der Waals surface area contributed by atoms with E-state index in [9.17, 15) is 9.18 Å². The molecule has 0 aromatic heterocycles. The van der Waals surface area contributed by atoms with E-state index >= 15 is 0 Å². The van der Waals surface area contributed by atoms with Gasteiger partial charge in [-0.15, -0.1) is 0 Å². The van der Waals surface area contributed by atoms with Crippen LogP contribution in [0.2, 0.25) is 5.02 Å². The smallest absolute Gasteiger partial charge is 0.246 e. The number of hydrogen-bond acceptors (Lipinski definition) is 3. The lowest BCUT2D eigenvalue weighted by Gasteiger charge is -2.28. The number of carbonyl (C=O) groups excluding carboxylic acids is 1. The number of nitrogens with one attached hydrogen (secondary N) is 1. The molecule has 0 radical (unpaired) electrons. The third kappa shape index (κ3) is 6.03. The summed E-state index contributed by atoms with van der Waals surface area (Å²) >= 11 is 6.06. The van der Waals surface area contributed by atoms with Crippen molar-refractivity contribution >= 4 is 17.5 Å². The van der Waals surface area contributed by atoms with Crippen molar-refractivity contribution < 1.29 is 18.7 Å². The van der Waals surface area contributed by atoms with Crippen LogP contribution in [0.15, 0.2) is 48.5 Å². The molecule has 25 heavy (non-hydrogen) atoms. The molecule has 2 rings (SSSR count). The molecule has 0 aliphatic rings. The number of ether oxygens (including phenoxy) is 2. The first-order valence-electron chi connectivity index (χ1n) is 7.90. The quantitative estimate of drug-likeness (QED) is 0.721. The van der Waals surface area contributed by atoms with E-state index in [2.05, 4.69) is 5.32 Å². The van der Waals surface area contributed by atoms with Crippen LogP contribution >= 0.6 is 11.6 Å². The molecule has 4 nitrogen and oxygen atoms in total. The zero-order valence-electron chi connectivity index (χ0n) is 14.2. The first-order valence-corrected chi connectivity index (χ1v) is 8.28. The number of amides is 1. The summed E-state index contributed by atoms with van der Waals surface area (Å²) < 4.78 is 23.9. The summed E-state index contributed by atoms with van der Waals surface area (Å²) in [6.45, 7) is 4.13. The molecule has 0 heterocycles. The number of benzene rings is 2.